The van der Waals surface area contributed by atoms with Gasteiger partial charge in [0.1, 0.15) is 11.5 Å². The number of aromatic nitrogens is 2. The number of amides is 1. The standard InChI is InChI=1S/C19H22N4O3/c1-14-4-5-17(26-14)13-22-11-15(23-16(12-22)7-9-21-23)6-8-20-19(24)18-3-2-10-25-18/h2-5,7,9-10,15H,6,8,11-13H2,1H3,(H,20,24)/t15-/m1/s1. The van der Waals surface area contributed by atoms with Crippen molar-refractivity contribution in [1.29, 1.82) is 0 Å². The summed E-state index contributed by atoms with van der Waals surface area (Å²) in [5.41, 5.74) is 1.18. The maximum Gasteiger partial charge on any atom is 0.286 e. The molecule has 4 heterocycles. The van der Waals surface area contributed by atoms with E-state index in [1.54, 1.807) is 12.1 Å². The summed E-state index contributed by atoms with van der Waals surface area (Å²) in [4.78, 5) is 14.4. The molecule has 1 atom stereocenters. The van der Waals surface area contributed by atoms with Crippen LogP contribution in [0.3, 0.4) is 0 Å². The lowest BCUT2D eigenvalue weighted by Gasteiger charge is -2.33. The molecule has 0 radical (unpaired) electrons. The third-order valence-electron chi connectivity index (χ3n) is 4.64. The summed E-state index contributed by atoms with van der Waals surface area (Å²) in [5, 5.41) is 7.38. The maximum absolute atomic E-state index is 12.0. The molecular formula is C19H22N4O3. The predicted molar refractivity (Wildman–Crippen MR) is 94.5 cm³/mol. The van der Waals surface area contributed by atoms with E-state index in [1.165, 1.54) is 12.0 Å². The monoisotopic (exact) mass is 354 g/mol. The third-order valence-corrected chi connectivity index (χ3v) is 4.64. The van der Waals surface area contributed by atoms with Gasteiger partial charge in [0, 0.05) is 25.8 Å². The second-order valence-electron chi connectivity index (χ2n) is 6.62. The zero-order valence-corrected chi connectivity index (χ0v) is 14.7. The van der Waals surface area contributed by atoms with Gasteiger partial charge in [-0.05, 0) is 43.7 Å². The van der Waals surface area contributed by atoms with Crippen molar-refractivity contribution in [3.05, 3.63) is 65.8 Å². The van der Waals surface area contributed by atoms with E-state index in [9.17, 15) is 4.79 Å². The molecule has 136 valence electrons. The first-order valence-electron chi connectivity index (χ1n) is 8.81. The van der Waals surface area contributed by atoms with Crippen LogP contribution in [0.25, 0.3) is 0 Å². The Morgan fingerprint density at radius 1 is 1.35 bits per heavy atom. The Hall–Kier alpha value is -2.80. The number of furan rings is 2. The quantitative estimate of drug-likeness (QED) is 0.737. The van der Waals surface area contributed by atoms with Crippen LogP contribution in [0, 0.1) is 6.92 Å². The van der Waals surface area contributed by atoms with Gasteiger partial charge in [-0.25, -0.2) is 0 Å². The Bertz CT molecular complexity index is 865. The number of carbonyl (C=O) groups is 1. The average Bonchev–Trinajstić information content (AvgIpc) is 3.36. The number of rotatable bonds is 6. The van der Waals surface area contributed by atoms with Gasteiger partial charge in [-0.1, -0.05) is 0 Å². The van der Waals surface area contributed by atoms with Gasteiger partial charge in [0.25, 0.3) is 5.91 Å². The Kier molecular flexibility index (Phi) is 4.62. The molecule has 0 unspecified atom stereocenters. The average molecular weight is 354 g/mol. The normalized spacial score (nSPS) is 17.2. The van der Waals surface area contributed by atoms with Crippen molar-refractivity contribution in [3.63, 3.8) is 0 Å². The second-order valence-corrected chi connectivity index (χ2v) is 6.62. The van der Waals surface area contributed by atoms with Gasteiger partial charge in [-0.3, -0.25) is 14.4 Å². The molecule has 0 fully saturated rings. The molecule has 7 nitrogen and oxygen atoms in total. The van der Waals surface area contributed by atoms with Crippen molar-refractivity contribution in [2.75, 3.05) is 13.1 Å². The van der Waals surface area contributed by atoms with Crippen LogP contribution in [0.15, 0.2) is 51.6 Å². The first-order chi connectivity index (χ1) is 12.7. The van der Waals surface area contributed by atoms with Crippen molar-refractivity contribution in [3.8, 4) is 0 Å². The predicted octanol–water partition coefficient (Wildman–Crippen LogP) is 2.75. The summed E-state index contributed by atoms with van der Waals surface area (Å²) in [6.45, 7) is 5.00. The minimum absolute atomic E-state index is 0.186. The molecule has 3 aromatic heterocycles. The highest BCUT2D eigenvalue weighted by Crippen LogP contribution is 2.24. The van der Waals surface area contributed by atoms with Crippen LogP contribution in [0.5, 0.6) is 0 Å². The van der Waals surface area contributed by atoms with Gasteiger partial charge in [0.05, 0.1) is 24.5 Å². The van der Waals surface area contributed by atoms with Crippen molar-refractivity contribution < 1.29 is 13.6 Å². The highest BCUT2D eigenvalue weighted by Gasteiger charge is 2.26. The molecule has 0 aliphatic carbocycles. The van der Waals surface area contributed by atoms with Crippen molar-refractivity contribution >= 4 is 5.91 Å². The van der Waals surface area contributed by atoms with E-state index in [2.05, 4.69) is 20.0 Å². The van der Waals surface area contributed by atoms with E-state index < -0.39 is 0 Å². The number of fused-ring (bicyclic) bond motifs is 1. The molecule has 0 bridgehead atoms. The summed E-state index contributed by atoms with van der Waals surface area (Å²) < 4.78 is 12.9. The minimum atomic E-state index is -0.186. The van der Waals surface area contributed by atoms with Gasteiger partial charge in [-0.2, -0.15) is 5.10 Å². The molecule has 1 aliphatic rings. The van der Waals surface area contributed by atoms with E-state index in [1.807, 2.05) is 31.3 Å². The molecule has 1 aliphatic heterocycles. The lowest BCUT2D eigenvalue weighted by molar-refractivity contribution is 0.0919. The van der Waals surface area contributed by atoms with Crippen LogP contribution < -0.4 is 5.32 Å². The van der Waals surface area contributed by atoms with Crippen molar-refractivity contribution in [2.45, 2.75) is 32.5 Å². The molecule has 0 saturated heterocycles. The first-order valence-corrected chi connectivity index (χ1v) is 8.81. The number of aryl methyl sites for hydroxylation is 1. The van der Waals surface area contributed by atoms with Crippen LogP contribution >= 0.6 is 0 Å². The lowest BCUT2D eigenvalue weighted by atomic mass is 10.1. The maximum atomic E-state index is 12.0. The van der Waals surface area contributed by atoms with E-state index in [0.29, 0.717) is 12.3 Å². The fourth-order valence-electron chi connectivity index (χ4n) is 3.44. The van der Waals surface area contributed by atoms with E-state index in [4.69, 9.17) is 8.83 Å². The number of carbonyl (C=O) groups excluding carboxylic acids is 1. The molecule has 1 N–H and O–H groups in total. The highest BCUT2D eigenvalue weighted by molar-refractivity contribution is 5.91. The summed E-state index contributed by atoms with van der Waals surface area (Å²) in [6.07, 6.45) is 4.14. The fraction of sp³-hybridized carbons (Fsp3) is 0.368. The van der Waals surface area contributed by atoms with Crippen LogP contribution in [0.2, 0.25) is 0 Å². The highest BCUT2D eigenvalue weighted by atomic mass is 16.3. The molecule has 0 saturated carbocycles. The zero-order valence-electron chi connectivity index (χ0n) is 14.7. The van der Waals surface area contributed by atoms with E-state index in [-0.39, 0.29) is 11.9 Å². The molecular weight excluding hydrogens is 332 g/mol. The summed E-state index contributed by atoms with van der Waals surface area (Å²) in [7, 11) is 0. The largest absolute Gasteiger partial charge is 0.465 e. The number of hydrogen-bond donors (Lipinski definition) is 1. The zero-order chi connectivity index (χ0) is 17.9. The molecule has 3 aromatic rings. The SMILES string of the molecule is Cc1ccc(CN2Cc3ccnn3[C@H](CCNC(=O)c3ccco3)C2)o1. The van der Waals surface area contributed by atoms with Crippen LogP contribution in [-0.4, -0.2) is 33.7 Å². The molecule has 26 heavy (non-hydrogen) atoms. The molecule has 1 amide bonds. The lowest BCUT2D eigenvalue weighted by Crippen LogP contribution is -2.38. The topological polar surface area (TPSA) is 76.4 Å². The van der Waals surface area contributed by atoms with Gasteiger partial charge in [-0.15, -0.1) is 0 Å². The second kappa shape index (κ2) is 7.21. The van der Waals surface area contributed by atoms with Crippen LogP contribution in [0.4, 0.5) is 0 Å². The van der Waals surface area contributed by atoms with Crippen molar-refractivity contribution in [2.24, 2.45) is 0 Å². The van der Waals surface area contributed by atoms with E-state index in [0.717, 1.165) is 37.6 Å². The van der Waals surface area contributed by atoms with Crippen LogP contribution in [-0.2, 0) is 13.1 Å². The Labute approximate surface area is 151 Å². The Balaban J connectivity index is 1.37. The summed E-state index contributed by atoms with van der Waals surface area (Å²) >= 11 is 0. The van der Waals surface area contributed by atoms with Crippen LogP contribution in [0.1, 0.15) is 40.2 Å². The number of nitrogens with one attached hydrogen (secondary N) is 1. The molecule has 0 spiro atoms. The van der Waals surface area contributed by atoms with Gasteiger partial charge < -0.3 is 14.2 Å². The molecule has 4 rings (SSSR count). The minimum Gasteiger partial charge on any atom is -0.465 e. The van der Waals surface area contributed by atoms with Gasteiger partial charge >= 0.3 is 0 Å². The summed E-state index contributed by atoms with van der Waals surface area (Å²) in [6, 6.07) is 9.65. The smallest absolute Gasteiger partial charge is 0.286 e. The Morgan fingerprint density at radius 3 is 3.04 bits per heavy atom. The third kappa shape index (κ3) is 3.57. The molecule has 7 heteroatoms. The van der Waals surface area contributed by atoms with Crippen molar-refractivity contribution in [1.82, 2.24) is 20.0 Å². The van der Waals surface area contributed by atoms with Gasteiger partial charge in [0.2, 0.25) is 0 Å². The Morgan fingerprint density at radius 2 is 2.27 bits per heavy atom. The summed E-state index contributed by atoms with van der Waals surface area (Å²) in [5.74, 6) is 2.05. The van der Waals surface area contributed by atoms with E-state index >= 15 is 0 Å². The number of hydrogen-bond acceptors (Lipinski definition) is 5. The van der Waals surface area contributed by atoms with Gasteiger partial charge in [0.15, 0.2) is 5.76 Å². The fourth-order valence-corrected chi connectivity index (χ4v) is 3.44. The number of nitrogens with zero attached hydrogens (tertiary/aromatic N) is 3. The first kappa shape index (κ1) is 16.7. The molecule has 0 aromatic carbocycles.